The lowest BCUT2D eigenvalue weighted by Gasteiger charge is -2.51. The van der Waals surface area contributed by atoms with Gasteiger partial charge in [-0.1, -0.05) is 37.3 Å². The predicted molar refractivity (Wildman–Crippen MR) is 129 cm³/mol. The Balaban J connectivity index is 1.54. The largest absolute Gasteiger partial charge is 0.358 e. The highest BCUT2D eigenvalue weighted by atomic mass is 15.5. The van der Waals surface area contributed by atoms with E-state index in [1.54, 1.807) is 6.33 Å². The van der Waals surface area contributed by atoms with Gasteiger partial charge >= 0.3 is 0 Å². The Morgan fingerprint density at radius 3 is 2.72 bits per heavy atom. The van der Waals surface area contributed by atoms with Crippen molar-refractivity contribution < 1.29 is 0 Å². The molecule has 3 aliphatic heterocycles. The first-order chi connectivity index (χ1) is 15.6. The standard InChI is InChI=1S/C26H30N6/c1-17-9-5-7-11-20(17)32-24-22(15-27-16-28-24)30(4)26(32)23-18(2)19-10-6-8-12-21(19)31-14-13-29(3)25(23)31/h5-6,8-10,12-16,18,23,25-26H,7,11H2,1-4H3. The summed E-state index contributed by atoms with van der Waals surface area (Å²) in [5.41, 5.74) is 6.56. The Bertz CT molecular complexity index is 1150. The van der Waals surface area contributed by atoms with Gasteiger partial charge in [0.1, 0.15) is 24.3 Å². The van der Waals surface area contributed by atoms with Crippen LogP contribution in [0.2, 0.25) is 0 Å². The number of allylic oxidation sites excluding steroid dienone is 4. The number of benzene rings is 1. The van der Waals surface area contributed by atoms with Gasteiger partial charge in [-0.05, 0) is 42.9 Å². The molecular formula is C26H30N6. The number of aromatic nitrogens is 2. The number of fused-ring (bicyclic) bond motifs is 4. The molecule has 0 radical (unpaired) electrons. The van der Waals surface area contributed by atoms with E-state index in [2.05, 4.69) is 101 Å². The molecule has 4 heterocycles. The van der Waals surface area contributed by atoms with Gasteiger partial charge in [0.2, 0.25) is 0 Å². The van der Waals surface area contributed by atoms with E-state index in [9.17, 15) is 0 Å². The van der Waals surface area contributed by atoms with E-state index in [1.807, 2.05) is 6.20 Å². The van der Waals surface area contributed by atoms with Crippen LogP contribution in [-0.2, 0) is 0 Å². The number of nitrogens with zero attached hydrogens (tertiary/aromatic N) is 6. The maximum absolute atomic E-state index is 4.79. The van der Waals surface area contributed by atoms with Crippen LogP contribution in [0.4, 0.5) is 17.2 Å². The molecule has 164 valence electrons. The quantitative estimate of drug-likeness (QED) is 0.695. The Labute approximate surface area is 190 Å². The maximum atomic E-state index is 4.79. The molecular weight excluding hydrogens is 396 g/mol. The molecule has 6 nitrogen and oxygen atoms in total. The highest BCUT2D eigenvalue weighted by Crippen LogP contribution is 2.52. The summed E-state index contributed by atoms with van der Waals surface area (Å²) in [4.78, 5) is 18.9. The van der Waals surface area contributed by atoms with Gasteiger partial charge in [0.05, 0.1) is 6.20 Å². The molecule has 0 saturated heterocycles. The zero-order valence-corrected chi connectivity index (χ0v) is 19.2. The highest BCUT2D eigenvalue weighted by Gasteiger charge is 2.52. The zero-order chi connectivity index (χ0) is 22.0. The average Bonchev–Trinajstić information content (AvgIpc) is 3.33. The normalized spacial score (nSPS) is 28.4. The lowest BCUT2D eigenvalue weighted by molar-refractivity contribution is 0.188. The van der Waals surface area contributed by atoms with Crippen molar-refractivity contribution in [3.63, 3.8) is 0 Å². The minimum Gasteiger partial charge on any atom is -0.358 e. The van der Waals surface area contributed by atoms with E-state index >= 15 is 0 Å². The van der Waals surface area contributed by atoms with Crippen LogP contribution in [0.3, 0.4) is 0 Å². The summed E-state index contributed by atoms with van der Waals surface area (Å²) >= 11 is 0. The molecule has 1 aromatic carbocycles. The predicted octanol–water partition coefficient (Wildman–Crippen LogP) is 4.67. The fourth-order valence-electron chi connectivity index (χ4n) is 6.21. The summed E-state index contributed by atoms with van der Waals surface area (Å²) in [5, 5.41) is 0. The first kappa shape index (κ1) is 19.4. The molecule has 1 aliphatic carbocycles. The monoisotopic (exact) mass is 426 g/mol. The molecule has 0 fully saturated rings. The molecule has 1 aromatic heterocycles. The lowest BCUT2D eigenvalue weighted by atomic mass is 9.77. The van der Waals surface area contributed by atoms with Crippen molar-refractivity contribution in [1.29, 1.82) is 0 Å². The second-order valence-corrected chi connectivity index (χ2v) is 9.41. The fourth-order valence-corrected chi connectivity index (χ4v) is 6.21. The minimum atomic E-state index is 0.149. The SMILES string of the molecule is CC1=C(N2c3ncncc3N(C)C2C2C(C)c3ccccc3N3C=CN(C)C23)CCC=C1. The van der Waals surface area contributed by atoms with E-state index in [0.29, 0.717) is 11.8 Å². The van der Waals surface area contributed by atoms with Crippen LogP contribution >= 0.6 is 0 Å². The van der Waals surface area contributed by atoms with Crippen molar-refractivity contribution in [3.05, 3.63) is 78.2 Å². The number of para-hydroxylation sites is 1. The maximum Gasteiger partial charge on any atom is 0.161 e. The first-order valence-corrected chi connectivity index (χ1v) is 11.5. The van der Waals surface area contributed by atoms with E-state index in [1.165, 1.54) is 22.5 Å². The molecule has 0 saturated carbocycles. The fraction of sp³-hybridized carbons (Fsp3) is 0.385. The van der Waals surface area contributed by atoms with E-state index in [4.69, 9.17) is 4.98 Å². The Hall–Kier alpha value is -3.28. The summed E-state index contributed by atoms with van der Waals surface area (Å²) in [7, 11) is 4.41. The van der Waals surface area contributed by atoms with Crippen molar-refractivity contribution in [2.45, 2.75) is 44.9 Å². The highest BCUT2D eigenvalue weighted by molar-refractivity contribution is 5.76. The van der Waals surface area contributed by atoms with E-state index in [0.717, 1.165) is 24.3 Å². The molecule has 0 N–H and O–H groups in total. The summed E-state index contributed by atoms with van der Waals surface area (Å²) in [6, 6.07) is 8.88. The Kier molecular flexibility index (Phi) is 4.32. The van der Waals surface area contributed by atoms with Gasteiger partial charge in [0.15, 0.2) is 5.82 Å². The topological polar surface area (TPSA) is 38.7 Å². The van der Waals surface area contributed by atoms with Gasteiger partial charge in [0, 0.05) is 43.8 Å². The van der Waals surface area contributed by atoms with Gasteiger partial charge in [0.25, 0.3) is 0 Å². The number of anilines is 3. The Morgan fingerprint density at radius 1 is 1.03 bits per heavy atom. The molecule has 32 heavy (non-hydrogen) atoms. The lowest BCUT2D eigenvalue weighted by Crippen LogP contribution is -2.59. The zero-order valence-electron chi connectivity index (χ0n) is 19.2. The van der Waals surface area contributed by atoms with Gasteiger partial charge in [-0.3, -0.25) is 0 Å². The minimum absolute atomic E-state index is 0.149. The van der Waals surface area contributed by atoms with E-state index < -0.39 is 0 Å². The van der Waals surface area contributed by atoms with Crippen molar-refractivity contribution in [2.75, 3.05) is 28.8 Å². The number of rotatable bonds is 2. The number of hydrogen-bond donors (Lipinski definition) is 0. The smallest absolute Gasteiger partial charge is 0.161 e. The van der Waals surface area contributed by atoms with Crippen LogP contribution in [0, 0.1) is 5.92 Å². The molecule has 0 bridgehead atoms. The van der Waals surface area contributed by atoms with Crippen LogP contribution in [0.15, 0.2) is 72.6 Å². The van der Waals surface area contributed by atoms with Gasteiger partial charge < -0.3 is 19.6 Å². The van der Waals surface area contributed by atoms with Crippen LogP contribution in [0.5, 0.6) is 0 Å². The van der Waals surface area contributed by atoms with Crippen LogP contribution in [-0.4, -0.2) is 41.3 Å². The third-order valence-corrected chi connectivity index (χ3v) is 7.74. The molecule has 2 aromatic rings. The molecule has 4 aliphatic rings. The Morgan fingerprint density at radius 2 is 1.88 bits per heavy atom. The van der Waals surface area contributed by atoms with Gasteiger partial charge in [-0.25, -0.2) is 9.97 Å². The van der Waals surface area contributed by atoms with Gasteiger partial charge in [-0.2, -0.15) is 0 Å². The summed E-state index contributed by atoms with van der Waals surface area (Å²) < 4.78 is 0. The molecule has 4 unspecified atom stereocenters. The first-order valence-electron chi connectivity index (χ1n) is 11.5. The van der Waals surface area contributed by atoms with Gasteiger partial charge in [-0.15, -0.1) is 0 Å². The molecule has 0 amide bonds. The second-order valence-electron chi connectivity index (χ2n) is 9.41. The molecule has 4 atom stereocenters. The molecule has 6 heteroatoms. The van der Waals surface area contributed by atoms with Crippen LogP contribution in [0.25, 0.3) is 0 Å². The van der Waals surface area contributed by atoms with Crippen molar-refractivity contribution >= 4 is 17.2 Å². The van der Waals surface area contributed by atoms with Crippen molar-refractivity contribution in [2.24, 2.45) is 5.92 Å². The second kappa shape index (κ2) is 7.12. The average molecular weight is 427 g/mol. The van der Waals surface area contributed by atoms with E-state index in [-0.39, 0.29) is 12.3 Å². The van der Waals surface area contributed by atoms with Crippen molar-refractivity contribution in [3.8, 4) is 0 Å². The molecule has 6 rings (SSSR count). The molecule has 0 spiro atoms. The van der Waals surface area contributed by atoms with Crippen molar-refractivity contribution in [1.82, 2.24) is 14.9 Å². The summed E-state index contributed by atoms with van der Waals surface area (Å²) in [6.07, 6.45) is 15.2. The number of hydrogen-bond acceptors (Lipinski definition) is 6. The third kappa shape index (κ3) is 2.58. The third-order valence-electron chi connectivity index (χ3n) is 7.74. The van der Waals surface area contributed by atoms with Crippen LogP contribution < -0.4 is 14.7 Å². The summed E-state index contributed by atoms with van der Waals surface area (Å²) in [6.45, 7) is 4.63. The van der Waals surface area contributed by atoms with Crippen LogP contribution in [0.1, 0.15) is 38.2 Å². The summed E-state index contributed by atoms with van der Waals surface area (Å²) in [5.74, 6) is 1.74.